The van der Waals surface area contributed by atoms with Gasteiger partial charge >= 0.3 is 0 Å². The fraction of sp³-hybridized carbons (Fsp3) is 0.200. The molecule has 0 aliphatic heterocycles. The first-order valence-electron chi connectivity index (χ1n) is 6.06. The number of nitrogens with one attached hydrogen (secondary N) is 1. The van der Waals surface area contributed by atoms with Crippen molar-refractivity contribution in [3.63, 3.8) is 0 Å². The maximum absolute atomic E-state index is 9.89. The van der Waals surface area contributed by atoms with Crippen LogP contribution >= 0.6 is 23.2 Å². The van der Waals surface area contributed by atoms with Crippen LogP contribution in [-0.2, 0) is 6.54 Å². The van der Waals surface area contributed by atoms with Crippen LogP contribution in [0.25, 0.3) is 0 Å². The summed E-state index contributed by atoms with van der Waals surface area (Å²) in [5.74, 6) is 0.786. The van der Waals surface area contributed by atoms with Crippen LogP contribution < -0.4 is 10.1 Å². The molecule has 0 aliphatic carbocycles. The number of anilines is 1. The summed E-state index contributed by atoms with van der Waals surface area (Å²) in [5, 5.41) is 14.3. The van der Waals surface area contributed by atoms with Crippen LogP contribution in [0.4, 0.5) is 5.69 Å². The zero-order valence-corrected chi connectivity index (χ0v) is 12.7. The lowest BCUT2D eigenvalue weighted by atomic mass is 10.1. The van der Waals surface area contributed by atoms with Crippen LogP contribution in [0.1, 0.15) is 11.1 Å². The molecule has 106 valence electrons. The van der Waals surface area contributed by atoms with E-state index in [9.17, 15) is 5.11 Å². The van der Waals surface area contributed by atoms with Crippen molar-refractivity contribution >= 4 is 28.9 Å². The number of aromatic hydroxyl groups is 1. The molecule has 0 aromatic heterocycles. The van der Waals surface area contributed by atoms with Crippen LogP contribution in [0.3, 0.4) is 0 Å². The van der Waals surface area contributed by atoms with E-state index in [0.717, 1.165) is 16.8 Å². The molecule has 20 heavy (non-hydrogen) atoms. The topological polar surface area (TPSA) is 41.5 Å². The summed E-state index contributed by atoms with van der Waals surface area (Å²) in [6.07, 6.45) is 0. The first-order chi connectivity index (χ1) is 9.51. The first kappa shape index (κ1) is 14.8. The Hall–Kier alpha value is -1.58. The van der Waals surface area contributed by atoms with Gasteiger partial charge in [0.2, 0.25) is 0 Å². The normalized spacial score (nSPS) is 10.4. The Morgan fingerprint density at radius 3 is 2.55 bits per heavy atom. The predicted octanol–water partition coefficient (Wildman–Crippen LogP) is 4.63. The van der Waals surface area contributed by atoms with Crippen molar-refractivity contribution in [2.75, 3.05) is 12.4 Å². The molecule has 0 radical (unpaired) electrons. The average Bonchev–Trinajstić information content (AvgIpc) is 2.42. The lowest BCUT2D eigenvalue weighted by Crippen LogP contribution is -2.01. The Kier molecular flexibility index (Phi) is 4.63. The first-order valence-corrected chi connectivity index (χ1v) is 6.82. The highest BCUT2D eigenvalue weighted by atomic mass is 35.5. The van der Waals surface area contributed by atoms with E-state index < -0.39 is 0 Å². The SMILES string of the molecule is COc1ccc(CNc2cc(Cl)c(C)cc2Cl)c(O)c1. The van der Waals surface area contributed by atoms with Gasteiger partial charge < -0.3 is 15.2 Å². The molecule has 0 atom stereocenters. The van der Waals surface area contributed by atoms with Crippen LogP contribution in [0, 0.1) is 6.92 Å². The molecule has 0 aliphatic rings. The molecule has 5 heteroatoms. The Balaban J connectivity index is 2.15. The van der Waals surface area contributed by atoms with Gasteiger partial charge in [0.25, 0.3) is 0 Å². The number of phenols is 1. The third-order valence-electron chi connectivity index (χ3n) is 3.01. The van der Waals surface area contributed by atoms with Crippen molar-refractivity contribution in [3.8, 4) is 11.5 Å². The molecule has 0 spiro atoms. The number of halogens is 2. The molecule has 2 rings (SSSR count). The third kappa shape index (κ3) is 3.30. The van der Waals surface area contributed by atoms with Crippen LogP contribution in [-0.4, -0.2) is 12.2 Å². The summed E-state index contributed by atoms with van der Waals surface area (Å²) < 4.78 is 5.04. The minimum atomic E-state index is 0.172. The maximum atomic E-state index is 9.89. The second-order valence-corrected chi connectivity index (χ2v) is 5.24. The summed E-state index contributed by atoms with van der Waals surface area (Å²) in [6.45, 7) is 2.34. The Labute approximate surface area is 128 Å². The van der Waals surface area contributed by atoms with E-state index in [1.807, 2.05) is 6.92 Å². The number of hydrogen-bond acceptors (Lipinski definition) is 3. The largest absolute Gasteiger partial charge is 0.507 e. The molecule has 0 fully saturated rings. The molecule has 0 heterocycles. The molecule has 0 amide bonds. The van der Waals surface area contributed by atoms with E-state index in [1.54, 1.807) is 37.4 Å². The number of rotatable bonds is 4. The predicted molar refractivity (Wildman–Crippen MR) is 83.2 cm³/mol. The van der Waals surface area contributed by atoms with Gasteiger partial charge in [0.15, 0.2) is 0 Å². The number of ether oxygens (including phenoxy) is 1. The number of methoxy groups -OCH3 is 1. The summed E-state index contributed by atoms with van der Waals surface area (Å²) in [6, 6.07) is 8.74. The zero-order chi connectivity index (χ0) is 14.7. The molecule has 2 aromatic carbocycles. The van der Waals surface area contributed by atoms with Gasteiger partial charge in [-0.25, -0.2) is 0 Å². The van der Waals surface area contributed by atoms with Crippen LogP contribution in [0.5, 0.6) is 11.5 Å². The van der Waals surface area contributed by atoms with Crippen molar-refractivity contribution in [3.05, 3.63) is 51.5 Å². The standard InChI is InChI=1S/C15H15Cl2NO2/c1-9-5-13(17)14(7-12(9)16)18-8-10-3-4-11(20-2)6-15(10)19/h3-7,18-19H,8H2,1-2H3. The van der Waals surface area contributed by atoms with Crippen molar-refractivity contribution in [1.82, 2.24) is 0 Å². The summed E-state index contributed by atoms with van der Waals surface area (Å²) >= 11 is 12.2. The highest BCUT2D eigenvalue weighted by molar-refractivity contribution is 6.35. The minimum Gasteiger partial charge on any atom is -0.507 e. The zero-order valence-electron chi connectivity index (χ0n) is 11.2. The van der Waals surface area contributed by atoms with Gasteiger partial charge in [-0.15, -0.1) is 0 Å². The molecular formula is C15H15Cl2NO2. The Bertz CT molecular complexity index is 630. The molecule has 0 saturated carbocycles. The lowest BCUT2D eigenvalue weighted by Gasteiger charge is -2.12. The number of phenolic OH excluding ortho intramolecular Hbond substituents is 1. The highest BCUT2D eigenvalue weighted by Crippen LogP contribution is 2.30. The third-order valence-corrected chi connectivity index (χ3v) is 3.73. The van der Waals surface area contributed by atoms with Gasteiger partial charge in [-0.3, -0.25) is 0 Å². The second kappa shape index (κ2) is 6.25. The smallest absolute Gasteiger partial charge is 0.124 e. The maximum Gasteiger partial charge on any atom is 0.124 e. The van der Waals surface area contributed by atoms with Crippen LogP contribution in [0.2, 0.25) is 10.0 Å². The monoisotopic (exact) mass is 311 g/mol. The van der Waals surface area contributed by atoms with E-state index in [-0.39, 0.29) is 5.75 Å². The lowest BCUT2D eigenvalue weighted by molar-refractivity contribution is 0.406. The summed E-state index contributed by atoms with van der Waals surface area (Å²) in [5.41, 5.74) is 2.41. The molecule has 0 saturated heterocycles. The molecule has 0 unspecified atom stereocenters. The van der Waals surface area contributed by atoms with Gasteiger partial charge in [0.05, 0.1) is 17.8 Å². The van der Waals surface area contributed by atoms with E-state index in [4.69, 9.17) is 27.9 Å². The molecule has 2 N–H and O–H groups in total. The number of hydrogen-bond donors (Lipinski definition) is 2. The fourth-order valence-corrected chi connectivity index (χ4v) is 2.24. The minimum absolute atomic E-state index is 0.172. The Morgan fingerprint density at radius 1 is 1.15 bits per heavy atom. The van der Waals surface area contributed by atoms with Crippen molar-refractivity contribution in [2.45, 2.75) is 13.5 Å². The molecule has 2 aromatic rings. The van der Waals surface area contributed by atoms with E-state index >= 15 is 0 Å². The van der Waals surface area contributed by atoms with Crippen LogP contribution in [0.15, 0.2) is 30.3 Å². The van der Waals surface area contributed by atoms with Gasteiger partial charge in [0.1, 0.15) is 11.5 Å². The Morgan fingerprint density at radius 2 is 1.90 bits per heavy atom. The van der Waals surface area contributed by atoms with E-state index in [0.29, 0.717) is 22.3 Å². The van der Waals surface area contributed by atoms with Gasteiger partial charge in [0, 0.05) is 23.2 Å². The molecular weight excluding hydrogens is 297 g/mol. The van der Waals surface area contributed by atoms with Crippen molar-refractivity contribution in [2.24, 2.45) is 0 Å². The number of benzene rings is 2. The van der Waals surface area contributed by atoms with Gasteiger partial charge in [-0.2, -0.15) is 0 Å². The number of aryl methyl sites for hydroxylation is 1. The van der Waals surface area contributed by atoms with Crippen molar-refractivity contribution < 1.29 is 9.84 Å². The molecule has 0 bridgehead atoms. The van der Waals surface area contributed by atoms with E-state index in [2.05, 4.69) is 5.32 Å². The highest BCUT2D eigenvalue weighted by Gasteiger charge is 2.07. The second-order valence-electron chi connectivity index (χ2n) is 4.43. The molecule has 3 nitrogen and oxygen atoms in total. The fourth-order valence-electron chi connectivity index (χ4n) is 1.79. The quantitative estimate of drug-likeness (QED) is 0.865. The van der Waals surface area contributed by atoms with Gasteiger partial charge in [-0.05, 0) is 36.8 Å². The summed E-state index contributed by atoms with van der Waals surface area (Å²) in [7, 11) is 1.56. The van der Waals surface area contributed by atoms with E-state index in [1.165, 1.54) is 0 Å². The van der Waals surface area contributed by atoms with Crippen molar-refractivity contribution in [1.29, 1.82) is 0 Å². The average molecular weight is 312 g/mol. The summed E-state index contributed by atoms with van der Waals surface area (Å²) in [4.78, 5) is 0. The van der Waals surface area contributed by atoms with Gasteiger partial charge in [-0.1, -0.05) is 23.2 Å².